The van der Waals surface area contributed by atoms with E-state index >= 15 is 0 Å². The maximum Gasteiger partial charge on any atom is 0.300 e. The Labute approximate surface area is 190 Å². The number of hydrogen-bond acceptors (Lipinski definition) is 7. The summed E-state index contributed by atoms with van der Waals surface area (Å²) in [5.41, 5.74) is 1.36. The molecule has 0 radical (unpaired) electrons. The Hall–Kier alpha value is -4.12. The Balaban J connectivity index is 1.73. The lowest BCUT2D eigenvalue weighted by Crippen LogP contribution is -2.33. The summed E-state index contributed by atoms with van der Waals surface area (Å²) in [4.78, 5) is 48.1. The van der Waals surface area contributed by atoms with Crippen LogP contribution in [0, 0.1) is 5.82 Å². The third-order valence-electron chi connectivity index (χ3n) is 4.89. The van der Waals surface area contributed by atoms with Gasteiger partial charge in [0.25, 0.3) is 11.8 Å². The molecule has 1 aromatic carbocycles. The number of pyridine rings is 1. The van der Waals surface area contributed by atoms with Gasteiger partial charge in [-0.05, 0) is 36.8 Å². The first-order valence-corrected chi connectivity index (χ1v) is 10.8. The van der Waals surface area contributed by atoms with Crippen LogP contribution in [0.5, 0.6) is 5.75 Å². The van der Waals surface area contributed by atoms with Gasteiger partial charge in [0.05, 0.1) is 11.2 Å². The minimum Gasteiger partial charge on any atom is -0.501 e. The first kappa shape index (κ1) is 22.1. The number of anilines is 1. The summed E-state index contributed by atoms with van der Waals surface area (Å²) in [7, 11) is 0. The van der Waals surface area contributed by atoms with Crippen LogP contribution in [0.15, 0.2) is 58.3 Å². The number of carbonyl (C=O) groups is 2. The standard InChI is InChI=1S/C22H18FN5O4S/c1-2-27(21(31)15-11-33-12-25-15)16-4-3-9-28-19(16)26-17(18(29)22(28)32)20(30)24-10-13-5-7-14(23)8-6-13/h3-9,11-12,29H,2,10H2,1H3,(H,24,30). The van der Waals surface area contributed by atoms with Crippen molar-refractivity contribution in [2.24, 2.45) is 0 Å². The Bertz CT molecular complexity index is 1390. The summed E-state index contributed by atoms with van der Waals surface area (Å²) in [6.45, 7) is 2.03. The van der Waals surface area contributed by atoms with Crippen LogP contribution in [-0.4, -0.2) is 37.8 Å². The molecule has 0 fully saturated rings. The molecule has 9 nitrogen and oxygen atoms in total. The van der Waals surface area contributed by atoms with Crippen LogP contribution in [0.2, 0.25) is 0 Å². The van der Waals surface area contributed by atoms with Crippen LogP contribution < -0.4 is 15.8 Å². The number of thiazole rings is 1. The minimum absolute atomic E-state index is 0.0256. The van der Waals surface area contributed by atoms with E-state index in [-0.39, 0.29) is 30.1 Å². The molecule has 0 saturated carbocycles. The van der Waals surface area contributed by atoms with Gasteiger partial charge in [-0.3, -0.25) is 18.8 Å². The van der Waals surface area contributed by atoms with E-state index in [0.29, 0.717) is 5.56 Å². The molecule has 3 heterocycles. The monoisotopic (exact) mass is 467 g/mol. The summed E-state index contributed by atoms with van der Waals surface area (Å²) in [6, 6.07) is 8.64. The van der Waals surface area contributed by atoms with E-state index < -0.39 is 34.6 Å². The topological polar surface area (TPSA) is 117 Å². The first-order valence-electron chi connectivity index (χ1n) is 9.87. The van der Waals surface area contributed by atoms with Gasteiger partial charge in [-0.25, -0.2) is 14.4 Å². The lowest BCUT2D eigenvalue weighted by Gasteiger charge is -2.21. The van der Waals surface area contributed by atoms with Crippen molar-refractivity contribution in [3.63, 3.8) is 0 Å². The molecule has 0 aliphatic rings. The molecule has 2 amide bonds. The van der Waals surface area contributed by atoms with Crippen LogP contribution in [0.25, 0.3) is 5.65 Å². The number of fused-ring (bicyclic) bond motifs is 1. The number of amides is 2. The van der Waals surface area contributed by atoms with Crippen molar-refractivity contribution in [3.05, 3.63) is 86.6 Å². The molecule has 0 spiro atoms. The van der Waals surface area contributed by atoms with Crippen LogP contribution in [0.3, 0.4) is 0 Å². The zero-order valence-corrected chi connectivity index (χ0v) is 18.2. The Morgan fingerprint density at radius 2 is 2.00 bits per heavy atom. The molecule has 4 rings (SSSR count). The van der Waals surface area contributed by atoms with Gasteiger partial charge in [0.15, 0.2) is 11.3 Å². The zero-order valence-electron chi connectivity index (χ0n) is 17.4. The van der Waals surface area contributed by atoms with Crippen LogP contribution >= 0.6 is 11.3 Å². The second kappa shape index (κ2) is 9.17. The predicted octanol–water partition coefficient (Wildman–Crippen LogP) is 2.59. The quantitative estimate of drug-likeness (QED) is 0.450. The number of hydrogen-bond donors (Lipinski definition) is 2. The molecule has 2 N–H and O–H groups in total. The third kappa shape index (κ3) is 4.30. The molecule has 0 aliphatic heterocycles. The number of nitrogens with one attached hydrogen (secondary N) is 1. The minimum atomic E-state index is -0.856. The second-order valence-electron chi connectivity index (χ2n) is 6.93. The van der Waals surface area contributed by atoms with Crippen molar-refractivity contribution >= 4 is 34.5 Å². The lowest BCUT2D eigenvalue weighted by molar-refractivity contribution is 0.0941. The lowest BCUT2D eigenvalue weighted by atomic mass is 10.2. The van der Waals surface area contributed by atoms with Crippen molar-refractivity contribution in [1.29, 1.82) is 0 Å². The van der Waals surface area contributed by atoms with Crippen molar-refractivity contribution in [1.82, 2.24) is 19.7 Å². The number of benzene rings is 1. The van der Waals surface area contributed by atoms with Crippen LogP contribution in [0.1, 0.15) is 33.5 Å². The fourth-order valence-electron chi connectivity index (χ4n) is 3.26. The average Bonchev–Trinajstić information content (AvgIpc) is 3.36. The van der Waals surface area contributed by atoms with Gasteiger partial charge in [0.1, 0.15) is 11.5 Å². The summed E-state index contributed by atoms with van der Waals surface area (Å²) in [5, 5.41) is 14.5. The SMILES string of the molecule is CCN(C(=O)c1cscn1)c1cccn2c(=O)c(O)c(C(=O)NCc3ccc(F)cc3)nc12. The van der Waals surface area contributed by atoms with E-state index in [9.17, 15) is 23.9 Å². The summed E-state index contributed by atoms with van der Waals surface area (Å²) < 4.78 is 14.1. The number of rotatable bonds is 6. The van der Waals surface area contributed by atoms with E-state index in [0.717, 1.165) is 4.40 Å². The number of halogens is 1. The van der Waals surface area contributed by atoms with Crippen LogP contribution in [-0.2, 0) is 6.54 Å². The smallest absolute Gasteiger partial charge is 0.300 e. The van der Waals surface area contributed by atoms with Crippen LogP contribution in [0.4, 0.5) is 10.1 Å². The molecular weight excluding hydrogens is 449 g/mol. The van der Waals surface area contributed by atoms with E-state index in [1.165, 1.54) is 58.3 Å². The van der Waals surface area contributed by atoms with Crippen molar-refractivity contribution in [2.45, 2.75) is 13.5 Å². The Morgan fingerprint density at radius 3 is 2.67 bits per heavy atom. The highest BCUT2D eigenvalue weighted by molar-refractivity contribution is 7.07. The van der Waals surface area contributed by atoms with Crippen molar-refractivity contribution in [3.8, 4) is 5.75 Å². The summed E-state index contributed by atoms with van der Waals surface area (Å²) in [6.07, 6.45) is 1.38. The molecule has 3 aromatic heterocycles. The summed E-state index contributed by atoms with van der Waals surface area (Å²) >= 11 is 1.27. The highest BCUT2D eigenvalue weighted by atomic mass is 32.1. The second-order valence-corrected chi connectivity index (χ2v) is 7.65. The van der Waals surface area contributed by atoms with E-state index in [4.69, 9.17) is 0 Å². The molecule has 33 heavy (non-hydrogen) atoms. The molecule has 11 heteroatoms. The van der Waals surface area contributed by atoms with Gasteiger partial charge < -0.3 is 15.3 Å². The van der Waals surface area contributed by atoms with E-state index in [1.54, 1.807) is 18.4 Å². The molecule has 0 atom stereocenters. The third-order valence-corrected chi connectivity index (χ3v) is 5.48. The van der Waals surface area contributed by atoms with Gasteiger partial charge >= 0.3 is 5.56 Å². The highest BCUT2D eigenvalue weighted by Crippen LogP contribution is 2.23. The fourth-order valence-corrected chi connectivity index (χ4v) is 3.78. The molecule has 168 valence electrons. The van der Waals surface area contributed by atoms with E-state index in [1.807, 2.05) is 0 Å². The fraction of sp³-hybridized carbons (Fsp3) is 0.136. The van der Waals surface area contributed by atoms with Gasteiger partial charge in [-0.15, -0.1) is 11.3 Å². The van der Waals surface area contributed by atoms with Gasteiger partial charge in [-0.1, -0.05) is 12.1 Å². The molecule has 0 bridgehead atoms. The van der Waals surface area contributed by atoms with E-state index in [2.05, 4.69) is 15.3 Å². The molecule has 0 aliphatic carbocycles. The first-order chi connectivity index (χ1) is 15.9. The number of carbonyl (C=O) groups excluding carboxylic acids is 2. The maximum atomic E-state index is 13.1. The highest BCUT2D eigenvalue weighted by Gasteiger charge is 2.24. The van der Waals surface area contributed by atoms with Gasteiger partial charge in [-0.2, -0.15) is 0 Å². The Kier molecular flexibility index (Phi) is 6.13. The number of aromatic hydroxyl groups is 1. The molecule has 0 saturated heterocycles. The average molecular weight is 467 g/mol. The summed E-state index contributed by atoms with van der Waals surface area (Å²) in [5.74, 6) is -2.42. The number of nitrogens with zero attached hydrogens (tertiary/aromatic N) is 4. The van der Waals surface area contributed by atoms with Crippen molar-refractivity contribution < 1.29 is 19.1 Å². The van der Waals surface area contributed by atoms with Crippen molar-refractivity contribution in [2.75, 3.05) is 11.4 Å². The predicted molar refractivity (Wildman–Crippen MR) is 120 cm³/mol. The molecule has 0 unspecified atom stereocenters. The Morgan fingerprint density at radius 1 is 1.24 bits per heavy atom. The maximum absolute atomic E-state index is 13.1. The van der Waals surface area contributed by atoms with Gasteiger partial charge in [0, 0.05) is 24.7 Å². The van der Waals surface area contributed by atoms with Gasteiger partial charge in [0.2, 0.25) is 5.75 Å². The largest absolute Gasteiger partial charge is 0.501 e. The zero-order chi connectivity index (χ0) is 23.5. The number of aromatic nitrogens is 3. The molecule has 4 aromatic rings. The molecular formula is C22H18FN5O4S. The normalized spacial score (nSPS) is 10.8.